The molecule has 0 aliphatic carbocycles. The molecule has 0 unspecified atom stereocenters. The minimum Gasteiger partial charge on any atom is -0.426 e. The normalized spacial score (nSPS) is 16.9. The van der Waals surface area contributed by atoms with E-state index in [0.717, 1.165) is 10.5 Å². The maximum Gasteiger partial charge on any atom is 0.316 e. The highest BCUT2D eigenvalue weighted by atomic mass is 35.5. The Morgan fingerprint density at radius 3 is 2.08 bits per heavy atom. The van der Waals surface area contributed by atoms with E-state index in [-0.39, 0.29) is 61.5 Å². The van der Waals surface area contributed by atoms with Crippen molar-refractivity contribution < 1.29 is 23.9 Å². The predicted octanol–water partition coefficient (Wildman–Crippen LogP) is 7.02. The fourth-order valence-corrected chi connectivity index (χ4v) is 5.52. The molecule has 0 bridgehead atoms. The zero-order valence-electron chi connectivity index (χ0n) is 19.4. The van der Waals surface area contributed by atoms with Gasteiger partial charge in [0.2, 0.25) is 5.91 Å². The first-order chi connectivity index (χ1) is 18.0. The number of fused-ring (bicyclic) bond motifs is 1. The Morgan fingerprint density at radius 2 is 1.47 bits per heavy atom. The maximum absolute atomic E-state index is 13.1. The number of ether oxygens (including phenoxy) is 1. The molecule has 194 valence electrons. The largest absolute Gasteiger partial charge is 0.426 e. The van der Waals surface area contributed by atoms with E-state index >= 15 is 0 Å². The van der Waals surface area contributed by atoms with Crippen molar-refractivity contribution in [3.8, 4) is 5.75 Å². The summed E-state index contributed by atoms with van der Waals surface area (Å²) in [4.78, 5) is 54.1. The fourth-order valence-electron chi connectivity index (χ4n) is 4.33. The van der Waals surface area contributed by atoms with Crippen LogP contribution < -0.4 is 14.5 Å². The van der Waals surface area contributed by atoms with Gasteiger partial charge < -0.3 is 9.64 Å². The molecular weight excluding hydrogens is 598 g/mol. The highest BCUT2D eigenvalue weighted by molar-refractivity contribution is 6.56. The number of esters is 1. The van der Waals surface area contributed by atoms with Gasteiger partial charge in [-0.3, -0.25) is 19.2 Å². The second kappa shape index (κ2) is 10.1. The third kappa shape index (κ3) is 4.42. The summed E-state index contributed by atoms with van der Waals surface area (Å²) in [6.07, 6.45) is -0.0407. The van der Waals surface area contributed by atoms with Crippen molar-refractivity contribution in [3.63, 3.8) is 0 Å². The topological polar surface area (TPSA) is 84.0 Å². The quantitative estimate of drug-likeness (QED) is 0.104. The highest BCUT2D eigenvalue weighted by Crippen LogP contribution is 2.46. The second-order valence-corrected chi connectivity index (χ2v) is 10.6. The lowest BCUT2D eigenvalue weighted by Gasteiger charge is -2.18. The van der Waals surface area contributed by atoms with Gasteiger partial charge in [0.1, 0.15) is 5.75 Å². The number of anilines is 2. The van der Waals surface area contributed by atoms with Gasteiger partial charge in [-0.15, -0.1) is 0 Å². The third-order valence-electron chi connectivity index (χ3n) is 6.32. The van der Waals surface area contributed by atoms with E-state index in [2.05, 4.69) is 0 Å². The zero-order valence-corrected chi connectivity index (χ0v) is 23.1. The molecule has 12 heteroatoms. The number of imide groups is 1. The lowest BCUT2D eigenvalue weighted by Crippen LogP contribution is -2.29. The van der Waals surface area contributed by atoms with E-state index in [1.54, 1.807) is 18.2 Å². The number of amides is 3. The van der Waals surface area contributed by atoms with E-state index < -0.39 is 23.7 Å². The summed E-state index contributed by atoms with van der Waals surface area (Å²) in [5, 5.41) is -0.153. The van der Waals surface area contributed by atoms with Gasteiger partial charge in [0.05, 0.1) is 42.8 Å². The summed E-state index contributed by atoms with van der Waals surface area (Å²) in [6.45, 7) is 1.97. The molecule has 5 rings (SSSR count). The Labute approximate surface area is 241 Å². The average molecular weight is 613 g/mol. The summed E-state index contributed by atoms with van der Waals surface area (Å²) in [5.74, 6) is -3.05. The van der Waals surface area contributed by atoms with E-state index in [0.29, 0.717) is 10.7 Å². The number of benzene rings is 3. The van der Waals surface area contributed by atoms with Crippen LogP contribution >= 0.6 is 58.0 Å². The predicted molar refractivity (Wildman–Crippen MR) is 146 cm³/mol. The van der Waals surface area contributed by atoms with Crippen molar-refractivity contribution in [1.82, 2.24) is 0 Å². The van der Waals surface area contributed by atoms with Crippen LogP contribution in [0.5, 0.6) is 5.75 Å². The summed E-state index contributed by atoms with van der Waals surface area (Å²) < 4.78 is 5.52. The summed E-state index contributed by atoms with van der Waals surface area (Å²) >= 11 is 30.7. The molecule has 3 amide bonds. The van der Waals surface area contributed by atoms with Gasteiger partial charge >= 0.3 is 5.97 Å². The third-order valence-corrected chi connectivity index (χ3v) is 8.53. The van der Waals surface area contributed by atoms with Crippen LogP contribution in [0.3, 0.4) is 0 Å². The van der Waals surface area contributed by atoms with Gasteiger partial charge in [0, 0.05) is 29.7 Å². The fraction of sp³-hybridized carbons (Fsp3) is 0.154. The number of hydrogen-bond acceptors (Lipinski definition) is 5. The smallest absolute Gasteiger partial charge is 0.316 e. The lowest BCUT2D eigenvalue weighted by molar-refractivity contribution is -0.139. The van der Waals surface area contributed by atoms with Crippen molar-refractivity contribution in [1.29, 1.82) is 0 Å². The van der Waals surface area contributed by atoms with Crippen molar-refractivity contribution >= 4 is 93.1 Å². The van der Waals surface area contributed by atoms with Crippen LogP contribution in [0, 0.1) is 12.8 Å². The van der Waals surface area contributed by atoms with Gasteiger partial charge in [0.25, 0.3) is 11.8 Å². The molecule has 0 radical (unpaired) electrons. The minimum atomic E-state index is -0.757. The van der Waals surface area contributed by atoms with Crippen molar-refractivity contribution in [2.45, 2.75) is 13.3 Å². The molecule has 0 saturated carbocycles. The average Bonchev–Trinajstić information content (AvgIpc) is 3.40. The van der Waals surface area contributed by atoms with Gasteiger partial charge in [0.15, 0.2) is 0 Å². The monoisotopic (exact) mass is 610 g/mol. The molecular formula is C26H15Cl5N2O5. The molecule has 38 heavy (non-hydrogen) atoms. The number of rotatable bonds is 4. The van der Waals surface area contributed by atoms with Gasteiger partial charge in [-0.05, 0) is 36.8 Å². The van der Waals surface area contributed by atoms with Crippen LogP contribution in [0.2, 0.25) is 25.1 Å². The van der Waals surface area contributed by atoms with Crippen LogP contribution in [-0.4, -0.2) is 30.2 Å². The standard InChI is InChI=1S/C26H15Cl5N2O5/c1-11-5-6-13(9-16(11)27)32-10-12(7-17(32)34)26(37)38-15-4-2-3-14(8-15)33-24(35)18-19(25(33)36)21(29)23(31)22(30)20(18)28/h2-6,8-9,12H,7,10H2,1H3/t12-/m1/s1. The van der Waals surface area contributed by atoms with Crippen molar-refractivity contribution in [2.75, 3.05) is 16.3 Å². The number of nitrogens with zero attached hydrogens (tertiary/aromatic N) is 2. The molecule has 3 aromatic rings. The molecule has 0 N–H and O–H groups in total. The lowest BCUT2D eigenvalue weighted by atomic mass is 10.1. The molecule has 2 aliphatic heterocycles. The molecule has 1 saturated heterocycles. The van der Waals surface area contributed by atoms with Crippen LogP contribution in [-0.2, 0) is 9.59 Å². The van der Waals surface area contributed by atoms with Crippen molar-refractivity contribution in [3.05, 3.63) is 84.3 Å². The first-order valence-electron chi connectivity index (χ1n) is 11.1. The van der Waals surface area contributed by atoms with Crippen LogP contribution in [0.4, 0.5) is 11.4 Å². The maximum atomic E-state index is 13.1. The number of carbonyl (C=O) groups excluding carboxylic acids is 4. The van der Waals surface area contributed by atoms with Gasteiger partial charge in [-0.25, -0.2) is 4.90 Å². The van der Waals surface area contributed by atoms with Crippen molar-refractivity contribution in [2.24, 2.45) is 5.92 Å². The number of hydrogen-bond donors (Lipinski definition) is 0. The Hall–Kier alpha value is -2.81. The minimum absolute atomic E-state index is 0.0407. The summed E-state index contributed by atoms with van der Waals surface area (Å²) in [5.41, 5.74) is 1.23. The highest BCUT2D eigenvalue weighted by Gasteiger charge is 2.43. The molecule has 7 nitrogen and oxygen atoms in total. The van der Waals surface area contributed by atoms with Crippen LogP contribution in [0.25, 0.3) is 0 Å². The number of carbonyl (C=O) groups is 4. The molecule has 0 aromatic heterocycles. The molecule has 0 spiro atoms. The Bertz CT molecular complexity index is 1530. The van der Waals surface area contributed by atoms with Gasteiger partial charge in [-0.1, -0.05) is 70.1 Å². The zero-order chi connectivity index (χ0) is 27.5. The van der Waals surface area contributed by atoms with E-state index in [4.69, 9.17) is 62.7 Å². The first kappa shape index (κ1) is 26.8. The summed E-state index contributed by atoms with van der Waals surface area (Å²) in [7, 11) is 0. The number of halogens is 5. The second-order valence-electron chi connectivity index (χ2n) is 8.71. The first-order valence-corrected chi connectivity index (χ1v) is 13.0. The Morgan fingerprint density at radius 1 is 0.842 bits per heavy atom. The molecule has 1 atom stereocenters. The summed E-state index contributed by atoms with van der Waals surface area (Å²) in [6, 6.07) is 11.0. The van der Waals surface area contributed by atoms with Crippen LogP contribution in [0.15, 0.2) is 42.5 Å². The van der Waals surface area contributed by atoms with Gasteiger partial charge in [-0.2, -0.15) is 0 Å². The van der Waals surface area contributed by atoms with E-state index in [1.807, 2.05) is 6.92 Å². The molecule has 2 aliphatic rings. The molecule has 3 aromatic carbocycles. The SMILES string of the molecule is Cc1ccc(N2C[C@H](C(=O)Oc3cccc(N4C(=O)c5c(Cl)c(Cl)c(Cl)c(Cl)c5C4=O)c3)CC2=O)cc1Cl. The molecule has 1 fully saturated rings. The number of aryl methyl sites for hydroxylation is 1. The van der Waals surface area contributed by atoms with E-state index in [1.165, 1.54) is 29.2 Å². The van der Waals surface area contributed by atoms with E-state index in [9.17, 15) is 19.2 Å². The van der Waals surface area contributed by atoms with Crippen LogP contribution in [0.1, 0.15) is 32.7 Å². The Balaban J connectivity index is 1.36. The Kier molecular flexibility index (Phi) is 7.09. The molecule has 2 heterocycles.